The predicted octanol–water partition coefficient (Wildman–Crippen LogP) is 2.88. The molecule has 2 aliphatic rings. The highest BCUT2D eigenvalue weighted by Crippen LogP contribution is 2.24. The van der Waals surface area contributed by atoms with Crippen molar-refractivity contribution >= 4 is 11.8 Å². The number of benzene rings is 1. The topological polar surface area (TPSA) is 49.9 Å². The fourth-order valence-electron chi connectivity index (χ4n) is 3.91. The molecular weight excluding hydrogens is 328 g/mol. The van der Waals surface area contributed by atoms with Gasteiger partial charge in [-0.25, -0.2) is 0 Å². The van der Waals surface area contributed by atoms with Crippen LogP contribution in [0.3, 0.4) is 0 Å². The zero-order chi connectivity index (χ0) is 18.5. The summed E-state index contributed by atoms with van der Waals surface area (Å²) in [6.45, 7) is 7.17. The van der Waals surface area contributed by atoms with Crippen molar-refractivity contribution in [3.05, 3.63) is 29.8 Å². The largest absolute Gasteiger partial charge is 0.494 e. The molecule has 0 N–H and O–H groups in total. The molecule has 0 unspecified atom stereocenters. The van der Waals surface area contributed by atoms with Gasteiger partial charge in [0.05, 0.1) is 13.0 Å². The SMILES string of the molecule is CCOc1ccc(CC(=O)N2CCC[C@H]2C(=O)N2CCC(C)CC2)cc1. The number of nitrogens with zero attached hydrogens (tertiary/aromatic N) is 2. The van der Waals surface area contributed by atoms with Crippen LogP contribution in [-0.2, 0) is 16.0 Å². The second kappa shape index (κ2) is 8.56. The van der Waals surface area contributed by atoms with Gasteiger partial charge in [0, 0.05) is 19.6 Å². The molecule has 0 spiro atoms. The Morgan fingerprint density at radius 2 is 1.77 bits per heavy atom. The van der Waals surface area contributed by atoms with Crippen LogP contribution in [0.2, 0.25) is 0 Å². The summed E-state index contributed by atoms with van der Waals surface area (Å²) in [5.74, 6) is 1.71. The maximum atomic E-state index is 12.9. The van der Waals surface area contributed by atoms with E-state index < -0.39 is 0 Å². The first-order valence-electron chi connectivity index (χ1n) is 9.88. The van der Waals surface area contributed by atoms with Crippen molar-refractivity contribution in [2.45, 2.75) is 52.0 Å². The summed E-state index contributed by atoms with van der Waals surface area (Å²) in [6.07, 6.45) is 4.18. The van der Waals surface area contributed by atoms with Crippen LogP contribution in [-0.4, -0.2) is 53.9 Å². The summed E-state index contributed by atoms with van der Waals surface area (Å²) < 4.78 is 5.44. The van der Waals surface area contributed by atoms with Gasteiger partial charge < -0.3 is 14.5 Å². The van der Waals surface area contributed by atoms with E-state index in [0.717, 1.165) is 50.1 Å². The molecule has 0 bridgehead atoms. The Bertz CT molecular complexity index is 621. The number of hydrogen-bond donors (Lipinski definition) is 0. The molecule has 0 aromatic heterocycles. The number of ether oxygens (including phenoxy) is 1. The van der Waals surface area contributed by atoms with Crippen molar-refractivity contribution in [1.29, 1.82) is 0 Å². The third-order valence-electron chi connectivity index (χ3n) is 5.54. The summed E-state index contributed by atoms with van der Waals surface area (Å²) in [5.41, 5.74) is 0.961. The summed E-state index contributed by atoms with van der Waals surface area (Å²) >= 11 is 0. The van der Waals surface area contributed by atoms with Crippen LogP contribution in [0.25, 0.3) is 0 Å². The minimum Gasteiger partial charge on any atom is -0.494 e. The van der Waals surface area contributed by atoms with E-state index in [2.05, 4.69) is 6.92 Å². The number of carbonyl (C=O) groups excluding carboxylic acids is 2. The lowest BCUT2D eigenvalue weighted by atomic mass is 9.98. The highest BCUT2D eigenvalue weighted by molar-refractivity contribution is 5.89. The van der Waals surface area contributed by atoms with E-state index in [4.69, 9.17) is 4.74 Å². The maximum Gasteiger partial charge on any atom is 0.245 e. The number of likely N-dealkylation sites (tertiary alicyclic amines) is 2. The second-order valence-electron chi connectivity index (χ2n) is 7.51. The van der Waals surface area contributed by atoms with E-state index >= 15 is 0 Å². The summed E-state index contributed by atoms with van der Waals surface area (Å²) in [7, 11) is 0. The zero-order valence-corrected chi connectivity index (χ0v) is 15.9. The molecule has 0 aliphatic carbocycles. The van der Waals surface area contributed by atoms with Crippen molar-refractivity contribution in [2.24, 2.45) is 5.92 Å². The third-order valence-corrected chi connectivity index (χ3v) is 5.54. The molecule has 3 rings (SSSR count). The van der Waals surface area contributed by atoms with Crippen LogP contribution < -0.4 is 4.74 Å². The van der Waals surface area contributed by atoms with Gasteiger partial charge in [-0.05, 0) is 56.2 Å². The molecule has 1 aromatic carbocycles. The zero-order valence-electron chi connectivity index (χ0n) is 15.9. The molecule has 2 heterocycles. The molecule has 26 heavy (non-hydrogen) atoms. The first-order valence-corrected chi connectivity index (χ1v) is 9.88. The summed E-state index contributed by atoms with van der Waals surface area (Å²) in [5, 5.41) is 0. The first kappa shape index (κ1) is 18.7. The summed E-state index contributed by atoms with van der Waals surface area (Å²) in [6, 6.07) is 7.39. The molecule has 0 radical (unpaired) electrons. The van der Waals surface area contributed by atoms with E-state index in [1.165, 1.54) is 0 Å². The first-order chi connectivity index (χ1) is 12.6. The maximum absolute atomic E-state index is 12.9. The lowest BCUT2D eigenvalue weighted by molar-refractivity contribution is -0.144. The third kappa shape index (κ3) is 4.37. The second-order valence-corrected chi connectivity index (χ2v) is 7.51. The molecule has 1 aromatic rings. The normalized spacial score (nSPS) is 21.1. The quantitative estimate of drug-likeness (QED) is 0.813. The minimum atomic E-state index is -0.265. The van der Waals surface area contributed by atoms with Crippen LogP contribution in [0.15, 0.2) is 24.3 Å². The van der Waals surface area contributed by atoms with E-state index in [-0.39, 0.29) is 17.9 Å². The van der Waals surface area contributed by atoms with Crippen molar-refractivity contribution in [1.82, 2.24) is 9.80 Å². The lowest BCUT2D eigenvalue weighted by Crippen LogP contribution is -2.50. The number of hydrogen-bond acceptors (Lipinski definition) is 3. The highest BCUT2D eigenvalue weighted by Gasteiger charge is 2.37. The van der Waals surface area contributed by atoms with Gasteiger partial charge in [0.25, 0.3) is 0 Å². The monoisotopic (exact) mass is 358 g/mol. The smallest absolute Gasteiger partial charge is 0.245 e. The average molecular weight is 358 g/mol. The van der Waals surface area contributed by atoms with Crippen LogP contribution >= 0.6 is 0 Å². The lowest BCUT2D eigenvalue weighted by Gasteiger charge is -2.34. The van der Waals surface area contributed by atoms with Gasteiger partial charge in [0.1, 0.15) is 11.8 Å². The Balaban J connectivity index is 1.60. The Kier molecular flexibility index (Phi) is 6.17. The number of rotatable bonds is 5. The van der Waals surface area contributed by atoms with Crippen molar-refractivity contribution in [3.63, 3.8) is 0 Å². The van der Waals surface area contributed by atoms with Crippen LogP contribution in [0.1, 0.15) is 45.1 Å². The standard InChI is InChI=1S/C21H30N2O3/c1-3-26-18-8-6-17(7-9-18)15-20(24)23-12-4-5-19(23)21(25)22-13-10-16(2)11-14-22/h6-9,16,19H,3-5,10-15H2,1-2H3/t19-/m0/s1. The van der Waals surface area contributed by atoms with Crippen molar-refractivity contribution in [3.8, 4) is 5.75 Å². The van der Waals surface area contributed by atoms with E-state index in [0.29, 0.717) is 25.5 Å². The number of piperidine rings is 1. The fourth-order valence-corrected chi connectivity index (χ4v) is 3.91. The number of carbonyl (C=O) groups is 2. The average Bonchev–Trinajstić information content (AvgIpc) is 3.13. The highest BCUT2D eigenvalue weighted by atomic mass is 16.5. The molecule has 2 saturated heterocycles. The Morgan fingerprint density at radius 3 is 2.42 bits per heavy atom. The van der Waals surface area contributed by atoms with Gasteiger partial charge in [-0.3, -0.25) is 9.59 Å². The summed E-state index contributed by atoms with van der Waals surface area (Å²) in [4.78, 5) is 29.5. The van der Waals surface area contributed by atoms with Gasteiger partial charge >= 0.3 is 0 Å². The van der Waals surface area contributed by atoms with Gasteiger partial charge in [0.15, 0.2) is 0 Å². The van der Waals surface area contributed by atoms with Gasteiger partial charge in [-0.2, -0.15) is 0 Å². The molecule has 2 fully saturated rings. The molecule has 5 nitrogen and oxygen atoms in total. The Labute approximate surface area is 156 Å². The van der Waals surface area contributed by atoms with Crippen LogP contribution in [0, 0.1) is 5.92 Å². The van der Waals surface area contributed by atoms with Gasteiger partial charge in [-0.1, -0.05) is 19.1 Å². The molecular formula is C21H30N2O3. The van der Waals surface area contributed by atoms with Gasteiger partial charge in [-0.15, -0.1) is 0 Å². The van der Waals surface area contributed by atoms with Crippen LogP contribution in [0.4, 0.5) is 0 Å². The van der Waals surface area contributed by atoms with E-state index in [1.807, 2.05) is 36.1 Å². The van der Waals surface area contributed by atoms with E-state index in [1.54, 1.807) is 4.90 Å². The molecule has 142 valence electrons. The van der Waals surface area contributed by atoms with Gasteiger partial charge in [0.2, 0.25) is 11.8 Å². The predicted molar refractivity (Wildman–Crippen MR) is 101 cm³/mol. The molecule has 0 saturated carbocycles. The van der Waals surface area contributed by atoms with Crippen LogP contribution in [0.5, 0.6) is 5.75 Å². The number of amides is 2. The molecule has 1 atom stereocenters. The Morgan fingerprint density at radius 1 is 1.08 bits per heavy atom. The van der Waals surface area contributed by atoms with Crippen molar-refractivity contribution < 1.29 is 14.3 Å². The molecule has 5 heteroatoms. The fraction of sp³-hybridized carbons (Fsp3) is 0.619. The molecule has 2 amide bonds. The minimum absolute atomic E-state index is 0.0513. The molecule has 2 aliphatic heterocycles. The van der Waals surface area contributed by atoms with E-state index in [9.17, 15) is 9.59 Å². The van der Waals surface area contributed by atoms with Crippen molar-refractivity contribution in [2.75, 3.05) is 26.2 Å². The Hall–Kier alpha value is -2.04.